The van der Waals surface area contributed by atoms with Crippen molar-refractivity contribution in [2.75, 3.05) is 40.8 Å². The SMILES string of the molecule is CN(C)CC(=O)N[C@H]1CCN(C)C1. The lowest BCUT2D eigenvalue weighted by molar-refractivity contribution is -0.122. The highest BCUT2D eigenvalue weighted by molar-refractivity contribution is 5.78. The molecule has 0 aromatic heterocycles. The van der Waals surface area contributed by atoms with Gasteiger partial charge in [0.1, 0.15) is 0 Å². The fourth-order valence-corrected chi connectivity index (χ4v) is 1.61. The second-order valence-electron chi connectivity index (χ2n) is 4.05. The van der Waals surface area contributed by atoms with Gasteiger partial charge in [-0.15, -0.1) is 0 Å². The lowest BCUT2D eigenvalue weighted by Gasteiger charge is -2.15. The molecule has 4 heteroatoms. The number of hydrogen-bond donors (Lipinski definition) is 1. The first kappa shape index (κ1) is 10.5. The number of hydrogen-bond acceptors (Lipinski definition) is 3. The van der Waals surface area contributed by atoms with Gasteiger partial charge in [-0.05, 0) is 34.1 Å². The maximum absolute atomic E-state index is 11.3. The van der Waals surface area contributed by atoms with E-state index in [1.54, 1.807) is 0 Å². The number of nitrogens with one attached hydrogen (secondary N) is 1. The maximum atomic E-state index is 11.3. The molecule has 0 aliphatic carbocycles. The van der Waals surface area contributed by atoms with Crippen LogP contribution in [0.15, 0.2) is 0 Å². The summed E-state index contributed by atoms with van der Waals surface area (Å²) in [5.74, 6) is 0.130. The van der Waals surface area contributed by atoms with Gasteiger partial charge >= 0.3 is 0 Å². The Labute approximate surface area is 79.9 Å². The molecule has 13 heavy (non-hydrogen) atoms. The van der Waals surface area contributed by atoms with Gasteiger partial charge in [-0.2, -0.15) is 0 Å². The van der Waals surface area contributed by atoms with E-state index in [1.807, 2.05) is 19.0 Å². The van der Waals surface area contributed by atoms with Crippen LogP contribution >= 0.6 is 0 Å². The molecule has 1 saturated heterocycles. The van der Waals surface area contributed by atoms with Crippen LogP contribution in [0.4, 0.5) is 0 Å². The fraction of sp³-hybridized carbons (Fsp3) is 0.889. The molecule has 1 heterocycles. The summed E-state index contributed by atoms with van der Waals surface area (Å²) in [7, 11) is 5.89. The highest BCUT2D eigenvalue weighted by Gasteiger charge is 2.20. The van der Waals surface area contributed by atoms with Gasteiger partial charge in [-0.25, -0.2) is 0 Å². The molecule has 0 spiro atoms. The molecule has 4 nitrogen and oxygen atoms in total. The average molecular weight is 185 g/mol. The Bertz CT molecular complexity index is 182. The predicted molar refractivity (Wildman–Crippen MR) is 52.6 cm³/mol. The third-order valence-electron chi connectivity index (χ3n) is 2.22. The second kappa shape index (κ2) is 4.58. The summed E-state index contributed by atoms with van der Waals surface area (Å²) in [6.45, 7) is 2.56. The Morgan fingerprint density at radius 3 is 2.77 bits per heavy atom. The first-order chi connectivity index (χ1) is 6.08. The Kier molecular flexibility index (Phi) is 3.69. The van der Waals surface area contributed by atoms with Gasteiger partial charge in [0.2, 0.25) is 5.91 Å². The molecule has 0 unspecified atom stereocenters. The van der Waals surface area contributed by atoms with Crippen LogP contribution < -0.4 is 5.32 Å². The number of amides is 1. The van der Waals surface area contributed by atoms with Crippen LogP contribution in [0.5, 0.6) is 0 Å². The van der Waals surface area contributed by atoms with Crippen LogP contribution in [0.2, 0.25) is 0 Å². The molecular formula is C9H19N3O. The van der Waals surface area contributed by atoms with Crippen molar-refractivity contribution in [2.45, 2.75) is 12.5 Å². The van der Waals surface area contributed by atoms with Gasteiger partial charge in [-0.1, -0.05) is 0 Å². The molecule has 0 bridgehead atoms. The summed E-state index contributed by atoms with van der Waals surface area (Å²) in [6.07, 6.45) is 1.08. The molecule has 0 aromatic carbocycles. The van der Waals surface area contributed by atoms with Crippen LogP contribution in [-0.4, -0.2) is 62.5 Å². The quantitative estimate of drug-likeness (QED) is 0.636. The van der Waals surface area contributed by atoms with Crippen molar-refractivity contribution in [3.8, 4) is 0 Å². The second-order valence-corrected chi connectivity index (χ2v) is 4.05. The molecule has 76 valence electrons. The number of likely N-dealkylation sites (tertiary alicyclic amines) is 1. The predicted octanol–water partition coefficient (Wildman–Crippen LogP) is -0.632. The summed E-state index contributed by atoms with van der Waals surface area (Å²) in [5.41, 5.74) is 0. The molecule has 0 radical (unpaired) electrons. The monoisotopic (exact) mass is 185 g/mol. The zero-order valence-electron chi connectivity index (χ0n) is 8.71. The highest BCUT2D eigenvalue weighted by Crippen LogP contribution is 2.05. The van der Waals surface area contributed by atoms with E-state index in [9.17, 15) is 4.79 Å². The zero-order chi connectivity index (χ0) is 9.84. The number of carbonyl (C=O) groups excluding carboxylic acids is 1. The van der Waals surface area contributed by atoms with E-state index in [1.165, 1.54) is 0 Å². The van der Waals surface area contributed by atoms with Crippen molar-refractivity contribution in [3.05, 3.63) is 0 Å². The molecule has 1 aliphatic heterocycles. The topological polar surface area (TPSA) is 35.6 Å². The molecule has 1 rings (SSSR count). The van der Waals surface area contributed by atoms with Gasteiger partial charge in [-0.3, -0.25) is 4.79 Å². The lowest BCUT2D eigenvalue weighted by atomic mass is 10.2. The summed E-state index contributed by atoms with van der Waals surface area (Å²) in [6, 6.07) is 0.359. The first-order valence-electron chi connectivity index (χ1n) is 4.70. The molecular weight excluding hydrogens is 166 g/mol. The average Bonchev–Trinajstić information content (AvgIpc) is 2.33. The van der Waals surface area contributed by atoms with E-state index >= 15 is 0 Å². The van der Waals surface area contributed by atoms with Crippen LogP contribution in [0.1, 0.15) is 6.42 Å². The van der Waals surface area contributed by atoms with Crippen LogP contribution in [0, 0.1) is 0 Å². The van der Waals surface area contributed by atoms with Crippen molar-refractivity contribution in [2.24, 2.45) is 0 Å². The first-order valence-corrected chi connectivity index (χ1v) is 4.70. The third-order valence-corrected chi connectivity index (χ3v) is 2.22. The summed E-state index contributed by atoms with van der Waals surface area (Å²) in [4.78, 5) is 15.5. The normalized spacial score (nSPS) is 23.8. The van der Waals surface area contributed by atoms with E-state index in [-0.39, 0.29) is 5.91 Å². The summed E-state index contributed by atoms with van der Waals surface area (Å²) < 4.78 is 0. The van der Waals surface area contributed by atoms with E-state index in [2.05, 4.69) is 17.3 Å². The van der Waals surface area contributed by atoms with Gasteiger partial charge in [0.25, 0.3) is 0 Å². The summed E-state index contributed by atoms with van der Waals surface area (Å²) in [5, 5.41) is 3.02. The van der Waals surface area contributed by atoms with E-state index in [4.69, 9.17) is 0 Å². The van der Waals surface area contributed by atoms with Crippen LogP contribution in [0.25, 0.3) is 0 Å². The molecule has 1 N–H and O–H groups in total. The zero-order valence-corrected chi connectivity index (χ0v) is 8.71. The highest BCUT2D eigenvalue weighted by atomic mass is 16.2. The van der Waals surface area contributed by atoms with Crippen LogP contribution in [-0.2, 0) is 4.79 Å². The maximum Gasteiger partial charge on any atom is 0.234 e. The minimum Gasteiger partial charge on any atom is -0.351 e. The standard InChI is InChI=1S/C9H19N3O/c1-11(2)7-9(13)10-8-4-5-12(3)6-8/h8H,4-7H2,1-3H3,(H,10,13)/t8-/m0/s1. The molecule has 0 aromatic rings. The third kappa shape index (κ3) is 3.74. The number of rotatable bonds is 3. The molecule has 1 amide bonds. The van der Waals surface area contributed by atoms with Crippen LogP contribution in [0.3, 0.4) is 0 Å². The smallest absolute Gasteiger partial charge is 0.234 e. The molecule has 1 atom stereocenters. The van der Waals surface area contributed by atoms with Gasteiger partial charge in [0.05, 0.1) is 6.54 Å². The Balaban J connectivity index is 2.21. The summed E-state index contributed by atoms with van der Waals surface area (Å²) >= 11 is 0. The van der Waals surface area contributed by atoms with Gasteiger partial charge < -0.3 is 15.1 Å². The van der Waals surface area contributed by atoms with Crippen molar-refractivity contribution in [1.29, 1.82) is 0 Å². The van der Waals surface area contributed by atoms with E-state index in [0.29, 0.717) is 12.6 Å². The number of likely N-dealkylation sites (N-methyl/N-ethyl adjacent to an activating group) is 2. The molecule has 1 aliphatic rings. The van der Waals surface area contributed by atoms with Gasteiger partial charge in [0.15, 0.2) is 0 Å². The Morgan fingerprint density at radius 2 is 2.31 bits per heavy atom. The molecule has 1 fully saturated rings. The van der Waals surface area contributed by atoms with Crippen molar-refractivity contribution >= 4 is 5.91 Å². The lowest BCUT2D eigenvalue weighted by Crippen LogP contribution is -2.41. The number of carbonyl (C=O) groups is 1. The Hall–Kier alpha value is -0.610. The largest absolute Gasteiger partial charge is 0.351 e. The fourth-order valence-electron chi connectivity index (χ4n) is 1.61. The molecule has 0 saturated carbocycles. The van der Waals surface area contributed by atoms with Crippen molar-refractivity contribution in [1.82, 2.24) is 15.1 Å². The van der Waals surface area contributed by atoms with Crippen molar-refractivity contribution < 1.29 is 4.79 Å². The van der Waals surface area contributed by atoms with Crippen molar-refractivity contribution in [3.63, 3.8) is 0 Å². The minimum absolute atomic E-state index is 0.130. The Morgan fingerprint density at radius 1 is 1.62 bits per heavy atom. The van der Waals surface area contributed by atoms with E-state index < -0.39 is 0 Å². The van der Waals surface area contributed by atoms with E-state index in [0.717, 1.165) is 19.5 Å². The minimum atomic E-state index is 0.130. The number of nitrogens with zero attached hydrogens (tertiary/aromatic N) is 2. The van der Waals surface area contributed by atoms with Gasteiger partial charge in [0, 0.05) is 12.6 Å².